The molecular formula is C31H40N5O5S2+. The number of nitrogens with zero attached hydrogens (tertiary/aromatic N) is 3. The molecular weight excluding hydrogens is 587 g/mol. The van der Waals surface area contributed by atoms with Crippen LogP contribution in [0.25, 0.3) is 10.2 Å². The van der Waals surface area contributed by atoms with Gasteiger partial charge in [-0.1, -0.05) is 54.9 Å². The number of aromatic nitrogens is 1. The van der Waals surface area contributed by atoms with Crippen LogP contribution >= 0.6 is 11.3 Å². The Labute approximate surface area is 257 Å². The van der Waals surface area contributed by atoms with Crippen molar-refractivity contribution in [3.05, 3.63) is 59.6 Å². The lowest BCUT2D eigenvalue weighted by atomic mass is 10.1. The maximum atomic E-state index is 14.1. The van der Waals surface area contributed by atoms with Crippen LogP contribution < -0.4 is 10.7 Å². The van der Waals surface area contributed by atoms with Gasteiger partial charge in [-0.15, -0.1) is 17.8 Å². The van der Waals surface area contributed by atoms with Gasteiger partial charge in [0.05, 0.1) is 38.8 Å². The smallest absolute Gasteiger partial charge is 0.287 e. The molecule has 230 valence electrons. The largest absolute Gasteiger partial charge is 0.333 e. The average molecular weight is 627 g/mol. The number of hydrogen-bond acceptors (Lipinski definition) is 8. The summed E-state index contributed by atoms with van der Waals surface area (Å²) in [6.45, 7) is 4.76. The topological polar surface area (TPSA) is 129 Å². The Morgan fingerprint density at radius 3 is 2.72 bits per heavy atom. The van der Waals surface area contributed by atoms with E-state index in [-0.39, 0.29) is 23.6 Å². The van der Waals surface area contributed by atoms with E-state index >= 15 is 0 Å². The van der Waals surface area contributed by atoms with Crippen LogP contribution in [0.4, 0.5) is 0 Å². The van der Waals surface area contributed by atoms with E-state index in [1.54, 1.807) is 29.5 Å². The Morgan fingerprint density at radius 2 is 2.05 bits per heavy atom. The van der Waals surface area contributed by atoms with Gasteiger partial charge in [-0.25, -0.2) is 13.4 Å². The molecule has 1 aromatic heterocycles. The number of carbonyl (C=O) groups is 2. The molecule has 10 nitrogen and oxygen atoms in total. The number of hydrogen-bond donors (Lipinski definition) is 3. The van der Waals surface area contributed by atoms with Gasteiger partial charge in [-0.3, -0.25) is 9.59 Å². The monoisotopic (exact) mass is 626 g/mol. The van der Waals surface area contributed by atoms with E-state index in [0.29, 0.717) is 38.0 Å². The van der Waals surface area contributed by atoms with Crippen LogP contribution in [0.15, 0.2) is 58.9 Å². The summed E-state index contributed by atoms with van der Waals surface area (Å²) in [6, 6.07) is 12.5. The Morgan fingerprint density at radius 1 is 1.28 bits per heavy atom. The summed E-state index contributed by atoms with van der Waals surface area (Å²) in [5, 5.41) is 15.3. The summed E-state index contributed by atoms with van der Waals surface area (Å²) in [5.74, 6) is 0.648. The summed E-state index contributed by atoms with van der Waals surface area (Å²) < 4.78 is 26.4. The Hall–Kier alpha value is -3.34. The van der Waals surface area contributed by atoms with E-state index in [9.17, 15) is 23.2 Å². The zero-order valence-corrected chi connectivity index (χ0v) is 26.2. The van der Waals surface area contributed by atoms with Gasteiger partial charge in [-0.2, -0.15) is 10.6 Å². The number of nitrogens with one attached hydrogen (secondary N) is 2. The highest BCUT2D eigenvalue weighted by Gasteiger charge is 2.47. The number of benzene rings is 2. The molecule has 0 bridgehead atoms. The van der Waals surface area contributed by atoms with Crippen molar-refractivity contribution in [2.75, 3.05) is 25.4 Å². The van der Waals surface area contributed by atoms with Crippen molar-refractivity contribution < 1.29 is 28.0 Å². The van der Waals surface area contributed by atoms with Crippen molar-refractivity contribution in [1.29, 1.82) is 0 Å². The maximum absolute atomic E-state index is 14.1. The lowest BCUT2D eigenvalue weighted by molar-refractivity contribution is -1.14. The molecule has 12 heteroatoms. The molecule has 4 rings (SSSR count). The normalized spacial score (nSPS) is 18.0. The van der Waals surface area contributed by atoms with Crippen molar-refractivity contribution in [2.45, 2.75) is 63.1 Å². The van der Waals surface area contributed by atoms with Crippen LogP contribution in [0.2, 0.25) is 0 Å². The molecule has 4 atom stereocenters. The third kappa shape index (κ3) is 8.19. The van der Waals surface area contributed by atoms with Crippen molar-refractivity contribution >= 4 is 43.2 Å². The summed E-state index contributed by atoms with van der Waals surface area (Å²) >= 11 is 1.35. The van der Waals surface area contributed by atoms with Crippen molar-refractivity contribution in [1.82, 2.24) is 20.6 Å². The number of thiazole rings is 1. The highest BCUT2D eigenvalue weighted by atomic mass is 32.2. The molecule has 1 fully saturated rings. The maximum Gasteiger partial charge on any atom is 0.287 e. The van der Waals surface area contributed by atoms with E-state index < -0.39 is 44.4 Å². The van der Waals surface area contributed by atoms with Gasteiger partial charge in [0.2, 0.25) is 6.04 Å². The average Bonchev–Trinajstić information content (AvgIpc) is 3.68. The fourth-order valence-electron chi connectivity index (χ4n) is 5.54. The van der Waals surface area contributed by atoms with Crippen molar-refractivity contribution in [2.24, 2.45) is 5.92 Å². The van der Waals surface area contributed by atoms with Crippen LogP contribution in [0.1, 0.15) is 45.1 Å². The quantitative estimate of drug-likeness (QED) is 0.142. The Bertz CT molecular complexity index is 1550. The summed E-state index contributed by atoms with van der Waals surface area (Å²) in [7, 11) is -3.77. The van der Waals surface area contributed by atoms with Gasteiger partial charge >= 0.3 is 0 Å². The van der Waals surface area contributed by atoms with Gasteiger partial charge in [0.1, 0.15) is 6.54 Å². The molecule has 1 saturated heterocycles. The van der Waals surface area contributed by atoms with Gasteiger partial charge in [-0.05, 0) is 49.6 Å². The molecule has 0 saturated carbocycles. The van der Waals surface area contributed by atoms with Gasteiger partial charge < -0.3 is 10.2 Å². The number of quaternary nitrogens is 1. The second kappa shape index (κ2) is 14.4. The summed E-state index contributed by atoms with van der Waals surface area (Å²) in [4.78, 5) is 33.4. The van der Waals surface area contributed by atoms with Crippen LogP contribution in [0.3, 0.4) is 0 Å². The molecule has 1 aliphatic heterocycles. The molecule has 2 heterocycles. The number of hydroxylamine groups is 2. The van der Waals surface area contributed by atoms with Gasteiger partial charge in [0.15, 0.2) is 9.84 Å². The highest BCUT2D eigenvalue weighted by Crippen LogP contribution is 2.25. The molecule has 0 spiro atoms. The second-order valence-electron chi connectivity index (χ2n) is 11.2. The number of fused-ring (bicyclic) bond motifs is 1. The molecule has 0 aliphatic carbocycles. The molecule has 0 radical (unpaired) electrons. The zero-order valence-electron chi connectivity index (χ0n) is 24.6. The van der Waals surface area contributed by atoms with Crippen LogP contribution in [0, 0.1) is 18.3 Å². The molecule has 3 aromatic rings. The van der Waals surface area contributed by atoms with E-state index in [2.05, 4.69) is 21.6 Å². The Kier molecular flexibility index (Phi) is 10.9. The minimum atomic E-state index is -3.77. The van der Waals surface area contributed by atoms with Crippen LogP contribution in [-0.4, -0.2) is 77.5 Å². The SMILES string of the molecule is C#CCC(C(=O)N(CCC)Cc1ccccc1)[N+](O)(C[C@@H](C)CS(=O)(=O)c1ccc2ncsc2c1)NC(=O)C1CCCN1. The number of amides is 2. The summed E-state index contributed by atoms with van der Waals surface area (Å²) in [5.41, 5.74) is 5.97. The number of carbonyl (C=O) groups excluding carboxylic acids is 2. The fraction of sp³-hybridized carbons (Fsp3) is 0.452. The van der Waals surface area contributed by atoms with Crippen LogP contribution in [0.5, 0.6) is 0 Å². The molecule has 3 N–H and O–H groups in total. The third-order valence-corrected chi connectivity index (χ3v) is 10.3. The molecule has 1 aliphatic rings. The molecule has 2 amide bonds. The number of rotatable bonds is 14. The third-order valence-electron chi connectivity index (χ3n) is 7.57. The van der Waals surface area contributed by atoms with Gasteiger partial charge in [0, 0.05) is 19.0 Å². The predicted molar refractivity (Wildman–Crippen MR) is 166 cm³/mol. The van der Waals surface area contributed by atoms with E-state index in [1.807, 2.05) is 37.3 Å². The zero-order chi connectivity index (χ0) is 31.0. The first-order chi connectivity index (χ1) is 20.6. The predicted octanol–water partition coefficient (Wildman–Crippen LogP) is 3.53. The molecule has 2 aromatic carbocycles. The first kappa shape index (κ1) is 32.6. The lowest BCUT2D eigenvalue weighted by Gasteiger charge is -2.39. The van der Waals surface area contributed by atoms with E-state index in [1.165, 1.54) is 17.4 Å². The Balaban J connectivity index is 1.62. The van der Waals surface area contributed by atoms with Crippen LogP contribution in [-0.2, 0) is 26.0 Å². The fourth-order valence-corrected chi connectivity index (χ4v) is 7.95. The first-order valence-electron chi connectivity index (χ1n) is 14.5. The van der Waals surface area contributed by atoms with Crippen molar-refractivity contribution in [3.8, 4) is 12.3 Å². The lowest BCUT2D eigenvalue weighted by Crippen LogP contribution is -2.70. The standard InChI is InChI=1S/C31H39N5O5S2/c1-4-10-28(31(38)35(17-5-2)19-24-11-7-6-8-12-24)36(39,34-30(37)27-13-9-16-32-27)20-23(3)21-43(40,41)25-14-15-26-29(18-25)42-22-33-26/h1,6-8,11-12,14-15,18,22-23,27-28,32,39H,5,9-10,13,16-17,19-21H2,2-3H3/p+1/t23-,27?,28?,36?/m1/s1. The number of sulfone groups is 1. The molecule has 3 unspecified atom stereocenters. The minimum absolute atomic E-state index is 0.152. The van der Waals surface area contributed by atoms with Crippen molar-refractivity contribution in [3.63, 3.8) is 0 Å². The highest BCUT2D eigenvalue weighted by molar-refractivity contribution is 7.91. The van der Waals surface area contributed by atoms with E-state index in [0.717, 1.165) is 16.7 Å². The first-order valence-corrected chi connectivity index (χ1v) is 17.1. The minimum Gasteiger partial charge on any atom is -0.333 e. The molecule has 43 heavy (non-hydrogen) atoms. The van der Waals surface area contributed by atoms with E-state index in [4.69, 9.17) is 6.42 Å². The number of terminal acetylenes is 1. The second-order valence-corrected chi connectivity index (χ2v) is 14.1. The van der Waals surface area contributed by atoms with Gasteiger partial charge in [0.25, 0.3) is 11.8 Å². The summed E-state index contributed by atoms with van der Waals surface area (Å²) in [6.07, 6.45) is 7.61.